The summed E-state index contributed by atoms with van der Waals surface area (Å²) in [6.45, 7) is 0. The smallest absolute Gasteiger partial charge is 0.150 e. The monoisotopic (exact) mass is 303 g/mol. The molecule has 4 nitrogen and oxygen atoms in total. The molecule has 1 aromatic heterocycles. The molecule has 1 saturated carbocycles. The van der Waals surface area contributed by atoms with Crippen molar-refractivity contribution in [2.45, 2.75) is 37.0 Å². The number of halogens is 1. The van der Waals surface area contributed by atoms with Gasteiger partial charge in [0.25, 0.3) is 0 Å². The molecule has 1 aliphatic rings. The van der Waals surface area contributed by atoms with E-state index in [0.29, 0.717) is 23.6 Å². The minimum absolute atomic E-state index is 0.0352. The number of rotatable bonds is 3. The number of hydrogen-bond acceptors (Lipinski definition) is 4. The third-order valence-electron chi connectivity index (χ3n) is 3.81. The highest BCUT2D eigenvalue weighted by Crippen LogP contribution is 2.36. The summed E-state index contributed by atoms with van der Waals surface area (Å²) in [5, 5.41) is 10.4. The van der Waals surface area contributed by atoms with Crippen molar-refractivity contribution in [2.24, 2.45) is 5.92 Å². The molecular formula is C13H18ClNO3S. The summed E-state index contributed by atoms with van der Waals surface area (Å²) in [5.74, 6) is -0.0352. The van der Waals surface area contributed by atoms with E-state index in [2.05, 4.69) is 4.98 Å². The standard InChI is InChI=1S/C13H18ClNO3S/c1-19(17,18)11-4-2-3-9(7-11)13(16)10-5-6-15-12(14)8-10/h5-6,8-9,11,13,16H,2-4,7H2,1H3. The summed E-state index contributed by atoms with van der Waals surface area (Å²) in [6.07, 6.45) is 5.03. The van der Waals surface area contributed by atoms with Gasteiger partial charge >= 0.3 is 0 Å². The largest absolute Gasteiger partial charge is 0.388 e. The Morgan fingerprint density at radius 1 is 1.47 bits per heavy atom. The molecule has 1 fully saturated rings. The minimum Gasteiger partial charge on any atom is -0.388 e. The predicted molar refractivity (Wildman–Crippen MR) is 74.8 cm³/mol. The lowest BCUT2D eigenvalue weighted by atomic mass is 9.82. The molecule has 106 valence electrons. The third-order valence-corrected chi connectivity index (χ3v) is 5.66. The Balaban J connectivity index is 2.13. The van der Waals surface area contributed by atoms with Crippen LogP contribution in [0.25, 0.3) is 0 Å². The maximum absolute atomic E-state index is 11.6. The molecule has 0 bridgehead atoms. The van der Waals surface area contributed by atoms with Gasteiger partial charge in [0, 0.05) is 12.5 Å². The van der Waals surface area contributed by atoms with Crippen LogP contribution in [0.5, 0.6) is 0 Å². The van der Waals surface area contributed by atoms with Gasteiger partial charge in [-0.3, -0.25) is 0 Å². The zero-order valence-electron chi connectivity index (χ0n) is 10.8. The lowest BCUT2D eigenvalue weighted by Crippen LogP contribution is -2.30. The van der Waals surface area contributed by atoms with Crippen LogP contribution in [0.1, 0.15) is 37.4 Å². The van der Waals surface area contributed by atoms with Crippen LogP contribution in [0.2, 0.25) is 5.15 Å². The van der Waals surface area contributed by atoms with E-state index in [-0.39, 0.29) is 11.2 Å². The van der Waals surface area contributed by atoms with Gasteiger partial charge < -0.3 is 5.11 Å². The van der Waals surface area contributed by atoms with Crippen molar-refractivity contribution in [1.82, 2.24) is 4.98 Å². The minimum atomic E-state index is -3.03. The first-order valence-corrected chi connectivity index (χ1v) is 8.69. The zero-order chi connectivity index (χ0) is 14.0. The van der Waals surface area contributed by atoms with Gasteiger partial charge in [-0.05, 0) is 42.9 Å². The fraction of sp³-hybridized carbons (Fsp3) is 0.615. The van der Waals surface area contributed by atoms with Crippen LogP contribution in [0.15, 0.2) is 18.3 Å². The summed E-state index contributed by atoms with van der Waals surface area (Å²) in [6, 6.07) is 3.36. The zero-order valence-corrected chi connectivity index (χ0v) is 12.4. The summed E-state index contributed by atoms with van der Waals surface area (Å²) >= 11 is 5.81. The molecule has 0 amide bonds. The lowest BCUT2D eigenvalue weighted by Gasteiger charge is -2.31. The van der Waals surface area contributed by atoms with Crippen LogP contribution in [-0.2, 0) is 9.84 Å². The Morgan fingerprint density at radius 3 is 2.84 bits per heavy atom. The number of nitrogens with zero attached hydrogens (tertiary/aromatic N) is 1. The van der Waals surface area contributed by atoms with Gasteiger partial charge in [-0.1, -0.05) is 18.0 Å². The highest BCUT2D eigenvalue weighted by atomic mass is 35.5. The maximum Gasteiger partial charge on any atom is 0.150 e. The van der Waals surface area contributed by atoms with E-state index in [1.807, 2.05) is 0 Å². The fourth-order valence-electron chi connectivity index (χ4n) is 2.73. The number of aliphatic hydroxyl groups excluding tert-OH is 1. The molecular weight excluding hydrogens is 286 g/mol. The summed E-state index contributed by atoms with van der Waals surface area (Å²) in [4.78, 5) is 3.88. The van der Waals surface area contributed by atoms with Crippen molar-refractivity contribution < 1.29 is 13.5 Å². The summed E-state index contributed by atoms with van der Waals surface area (Å²) in [5.41, 5.74) is 0.708. The fourth-order valence-corrected chi connectivity index (χ4v) is 4.10. The molecule has 0 aromatic carbocycles. The van der Waals surface area contributed by atoms with Gasteiger partial charge in [0.1, 0.15) is 15.0 Å². The molecule has 2 rings (SSSR count). The SMILES string of the molecule is CS(=O)(=O)C1CCCC(C(O)c2ccnc(Cl)c2)C1. The van der Waals surface area contributed by atoms with Gasteiger partial charge in [0.15, 0.2) is 0 Å². The van der Waals surface area contributed by atoms with Crippen molar-refractivity contribution in [3.63, 3.8) is 0 Å². The van der Waals surface area contributed by atoms with Crippen molar-refractivity contribution in [1.29, 1.82) is 0 Å². The first-order valence-electron chi connectivity index (χ1n) is 6.36. The molecule has 6 heteroatoms. The third kappa shape index (κ3) is 3.68. The lowest BCUT2D eigenvalue weighted by molar-refractivity contribution is 0.0856. The number of aromatic nitrogens is 1. The summed E-state index contributed by atoms with van der Waals surface area (Å²) in [7, 11) is -3.03. The maximum atomic E-state index is 11.6. The normalized spacial score (nSPS) is 26.1. The van der Waals surface area contributed by atoms with E-state index in [0.717, 1.165) is 12.8 Å². The Kier molecular flexibility index (Phi) is 4.48. The van der Waals surface area contributed by atoms with E-state index in [4.69, 9.17) is 11.6 Å². The quantitative estimate of drug-likeness (QED) is 0.871. The highest BCUT2D eigenvalue weighted by molar-refractivity contribution is 7.91. The molecule has 0 saturated heterocycles. The molecule has 1 aromatic rings. The Hall–Kier alpha value is -0.650. The van der Waals surface area contributed by atoms with Crippen LogP contribution in [0.3, 0.4) is 0 Å². The second kappa shape index (κ2) is 5.77. The second-order valence-corrected chi connectivity index (χ2v) is 7.95. The van der Waals surface area contributed by atoms with E-state index in [1.54, 1.807) is 18.3 Å². The number of aliphatic hydroxyl groups is 1. The highest BCUT2D eigenvalue weighted by Gasteiger charge is 2.32. The average molecular weight is 304 g/mol. The van der Waals surface area contributed by atoms with E-state index >= 15 is 0 Å². The molecule has 3 unspecified atom stereocenters. The molecule has 1 heterocycles. The van der Waals surface area contributed by atoms with Crippen LogP contribution >= 0.6 is 11.6 Å². The van der Waals surface area contributed by atoms with Crippen LogP contribution < -0.4 is 0 Å². The number of hydrogen-bond donors (Lipinski definition) is 1. The van der Waals surface area contributed by atoms with E-state index in [9.17, 15) is 13.5 Å². The second-order valence-electron chi connectivity index (χ2n) is 5.23. The van der Waals surface area contributed by atoms with E-state index in [1.165, 1.54) is 6.26 Å². The topological polar surface area (TPSA) is 67.3 Å². The molecule has 3 atom stereocenters. The summed E-state index contributed by atoms with van der Waals surface area (Å²) < 4.78 is 23.3. The average Bonchev–Trinajstić information content (AvgIpc) is 2.37. The number of sulfone groups is 1. The van der Waals surface area contributed by atoms with Crippen LogP contribution in [-0.4, -0.2) is 30.0 Å². The van der Waals surface area contributed by atoms with Gasteiger partial charge in [-0.25, -0.2) is 13.4 Å². The van der Waals surface area contributed by atoms with Gasteiger partial charge in [0.05, 0.1) is 11.4 Å². The predicted octanol–water partition coefficient (Wildman–Crippen LogP) is 2.37. The Labute approximate surface area is 118 Å². The van der Waals surface area contributed by atoms with Crippen molar-refractivity contribution >= 4 is 21.4 Å². The van der Waals surface area contributed by atoms with Crippen LogP contribution in [0.4, 0.5) is 0 Å². The van der Waals surface area contributed by atoms with Gasteiger partial charge in [-0.2, -0.15) is 0 Å². The van der Waals surface area contributed by atoms with Gasteiger partial charge in [0.2, 0.25) is 0 Å². The Bertz CT molecular complexity index is 547. The molecule has 19 heavy (non-hydrogen) atoms. The van der Waals surface area contributed by atoms with E-state index < -0.39 is 15.9 Å². The van der Waals surface area contributed by atoms with Crippen molar-refractivity contribution in [3.8, 4) is 0 Å². The first-order chi connectivity index (χ1) is 8.88. The molecule has 0 spiro atoms. The van der Waals surface area contributed by atoms with Crippen LogP contribution in [0, 0.1) is 5.92 Å². The first kappa shape index (κ1) is 14.8. The number of pyridine rings is 1. The molecule has 1 aliphatic carbocycles. The van der Waals surface area contributed by atoms with Crippen molar-refractivity contribution in [2.75, 3.05) is 6.26 Å². The molecule has 1 N–H and O–H groups in total. The van der Waals surface area contributed by atoms with Crippen molar-refractivity contribution in [3.05, 3.63) is 29.0 Å². The molecule has 0 radical (unpaired) electrons. The van der Waals surface area contributed by atoms with Gasteiger partial charge in [-0.15, -0.1) is 0 Å². The Morgan fingerprint density at radius 2 is 2.21 bits per heavy atom. The molecule has 0 aliphatic heterocycles.